The van der Waals surface area contributed by atoms with E-state index in [9.17, 15) is 9.59 Å². The van der Waals surface area contributed by atoms with Gasteiger partial charge < -0.3 is 10.6 Å². The first-order valence-electron chi connectivity index (χ1n) is 6.44. The highest BCUT2D eigenvalue weighted by Gasteiger charge is 2.25. The number of nitrogens with one attached hydrogen (secondary N) is 2. The van der Waals surface area contributed by atoms with Gasteiger partial charge in [-0.25, -0.2) is 0 Å². The first kappa shape index (κ1) is 11.3. The van der Waals surface area contributed by atoms with E-state index < -0.39 is 0 Å². The molecule has 0 radical (unpaired) electrons. The van der Waals surface area contributed by atoms with Gasteiger partial charge in [-0.15, -0.1) is 0 Å². The minimum atomic E-state index is -0.0847. The zero-order valence-electron chi connectivity index (χ0n) is 10.1. The normalized spacial score (nSPS) is 18.2. The van der Waals surface area contributed by atoms with Gasteiger partial charge >= 0.3 is 0 Å². The molecule has 0 atom stereocenters. The van der Waals surface area contributed by atoms with Crippen molar-refractivity contribution < 1.29 is 9.59 Å². The lowest BCUT2D eigenvalue weighted by atomic mass is 10.1. The summed E-state index contributed by atoms with van der Waals surface area (Å²) in [5.74, 6) is -0.169. The Bertz CT molecular complexity index is 449. The van der Waals surface area contributed by atoms with Crippen molar-refractivity contribution in [1.29, 1.82) is 0 Å². The van der Waals surface area contributed by atoms with Gasteiger partial charge in [0, 0.05) is 23.2 Å². The minimum absolute atomic E-state index is 0.0847. The van der Waals surface area contributed by atoms with Crippen molar-refractivity contribution >= 4 is 11.8 Å². The number of hydrogen-bond acceptors (Lipinski definition) is 2. The molecule has 1 aromatic carbocycles. The van der Waals surface area contributed by atoms with E-state index in [1.807, 2.05) is 0 Å². The van der Waals surface area contributed by atoms with Crippen LogP contribution in [0.5, 0.6) is 0 Å². The third kappa shape index (κ3) is 2.70. The third-order valence-corrected chi connectivity index (χ3v) is 3.21. The largest absolute Gasteiger partial charge is 0.349 e. The molecule has 0 spiro atoms. The fourth-order valence-corrected chi connectivity index (χ4v) is 1.79. The fourth-order valence-electron chi connectivity index (χ4n) is 1.79. The second-order valence-corrected chi connectivity index (χ2v) is 5.08. The summed E-state index contributed by atoms with van der Waals surface area (Å²) in [5, 5.41) is 5.84. The van der Waals surface area contributed by atoms with Crippen LogP contribution < -0.4 is 10.6 Å². The van der Waals surface area contributed by atoms with Crippen molar-refractivity contribution in [2.75, 3.05) is 0 Å². The van der Waals surface area contributed by atoms with E-state index in [0.29, 0.717) is 23.2 Å². The zero-order valence-corrected chi connectivity index (χ0v) is 10.1. The maximum absolute atomic E-state index is 11.9. The fraction of sp³-hybridized carbons (Fsp3) is 0.429. The van der Waals surface area contributed by atoms with Gasteiger partial charge in [0.25, 0.3) is 11.8 Å². The van der Waals surface area contributed by atoms with Gasteiger partial charge in [-0.3, -0.25) is 9.59 Å². The smallest absolute Gasteiger partial charge is 0.251 e. The van der Waals surface area contributed by atoms with Crippen LogP contribution in [-0.2, 0) is 0 Å². The molecule has 0 saturated heterocycles. The summed E-state index contributed by atoms with van der Waals surface area (Å²) in [6.07, 6.45) is 4.25. The molecule has 0 aromatic heterocycles. The highest BCUT2D eigenvalue weighted by molar-refractivity contribution is 6.00. The summed E-state index contributed by atoms with van der Waals surface area (Å²) in [4.78, 5) is 23.7. The molecule has 0 unspecified atom stereocenters. The van der Waals surface area contributed by atoms with Gasteiger partial charge in [-0.2, -0.15) is 0 Å². The molecule has 1 aromatic rings. The highest BCUT2D eigenvalue weighted by Crippen LogP contribution is 2.20. The van der Waals surface area contributed by atoms with Gasteiger partial charge in [-0.05, 0) is 43.9 Å². The average molecular weight is 244 g/mol. The quantitative estimate of drug-likeness (QED) is 0.842. The zero-order chi connectivity index (χ0) is 12.5. The monoisotopic (exact) mass is 244 g/mol. The van der Waals surface area contributed by atoms with E-state index >= 15 is 0 Å². The Morgan fingerprint density at radius 1 is 0.889 bits per heavy atom. The molecule has 0 bridgehead atoms. The average Bonchev–Trinajstić information content (AvgIpc) is 3.25. The highest BCUT2D eigenvalue weighted by atomic mass is 16.2. The third-order valence-electron chi connectivity index (χ3n) is 3.21. The van der Waals surface area contributed by atoms with Crippen LogP contribution in [0, 0.1) is 0 Å². The SMILES string of the molecule is O=C(NC1CC1)c1cccc(C(=O)NC2CC2)c1. The molecular weight excluding hydrogens is 228 g/mol. The molecule has 94 valence electrons. The molecule has 2 amide bonds. The van der Waals surface area contributed by atoms with Crippen LogP contribution in [0.2, 0.25) is 0 Å². The van der Waals surface area contributed by atoms with Gasteiger partial charge in [0.1, 0.15) is 0 Å². The Kier molecular flexibility index (Phi) is 2.78. The topological polar surface area (TPSA) is 58.2 Å². The predicted molar refractivity (Wildman–Crippen MR) is 67.4 cm³/mol. The van der Waals surface area contributed by atoms with Crippen molar-refractivity contribution in [3.8, 4) is 0 Å². The lowest BCUT2D eigenvalue weighted by Gasteiger charge is -2.06. The molecule has 2 saturated carbocycles. The summed E-state index contributed by atoms with van der Waals surface area (Å²) < 4.78 is 0. The van der Waals surface area contributed by atoms with E-state index in [1.54, 1.807) is 24.3 Å². The second kappa shape index (κ2) is 4.44. The molecule has 2 aliphatic carbocycles. The van der Waals surface area contributed by atoms with Gasteiger partial charge in [0.2, 0.25) is 0 Å². The molecular formula is C14H16N2O2. The molecule has 2 aliphatic rings. The lowest BCUT2D eigenvalue weighted by molar-refractivity contribution is 0.0950. The molecule has 18 heavy (non-hydrogen) atoms. The standard InChI is InChI=1S/C14H16N2O2/c17-13(15-11-4-5-11)9-2-1-3-10(8-9)14(18)16-12-6-7-12/h1-3,8,11-12H,4-7H2,(H,15,17)(H,16,18). The first-order chi connectivity index (χ1) is 8.72. The lowest BCUT2D eigenvalue weighted by Crippen LogP contribution is -2.27. The molecule has 0 aliphatic heterocycles. The Labute approximate surface area is 106 Å². The Morgan fingerprint density at radius 2 is 1.33 bits per heavy atom. The number of carbonyl (C=O) groups excluding carboxylic acids is 2. The van der Waals surface area contributed by atoms with Crippen molar-refractivity contribution in [2.45, 2.75) is 37.8 Å². The molecule has 4 nitrogen and oxygen atoms in total. The molecule has 2 N–H and O–H groups in total. The maximum atomic E-state index is 11.9. The van der Waals surface area contributed by atoms with Crippen LogP contribution in [0.15, 0.2) is 24.3 Å². The van der Waals surface area contributed by atoms with Crippen LogP contribution in [0.3, 0.4) is 0 Å². The summed E-state index contributed by atoms with van der Waals surface area (Å²) in [6, 6.07) is 7.57. The number of benzene rings is 1. The van der Waals surface area contributed by atoms with Gasteiger partial charge in [-0.1, -0.05) is 6.07 Å². The number of carbonyl (C=O) groups is 2. The van der Waals surface area contributed by atoms with Crippen molar-refractivity contribution in [1.82, 2.24) is 10.6 Å². The van der Waals surface area contributed by atoms with E-state index in [1.165, 1.54) is 0 Å². The maximum Gasteiger partial charge on any atom is 0.251 e. The first-order valence-corrected chi connectivity index (χ1v) is 6.44. The van der Waals surface area contributed by atoms with E-state index in [0.717, 1.165) is 25.7 Å². The van der Waals surface area contributed by atoms with Gasteiger partial charge in [0.15, 0.2) is 0 Å². The second-order valence-electron chi connectivity index (χ2n) is 5.08. The summed E-state index contributed by atoms with van der Waals surface area (Å²) in [7, 11) is 0. The van der Waals surface area contributed by atoms with E-state index in [2.05, 4.69) is 10.6 Å². The van der Waals surface area contributed by atoms with Crippen molar-refractivity contribution in [3.05, 3.63) is 35.4 Å². The van der Waals surface area contributed by atoms with E-state index in [-0.39, 0.29) is 11.8 Å². The predicted octanol–water partition coefficient (Wildman–Crippen LogP) is 1.47. The molecule has 0 heterocycles. The van der Waals surface area contributed by atoms with E-state index in [4.69, 9.17) is 0 Å². The Balaban J connectivity index is 1.70. The Morgan fingerprint density at radius 3 is 1.72 bits per heavy atom. The number of hydrogen-bond donors (Lipinski definition) is 2. The molecule has 3 rings (SSSR count). The van der Waals surface area contributed by atoms with Crippen molar-refractivity contribution in [2.24, 2.45) is 0 Å². The summed E-state index contributed by atoms with van der Waals surface area (Å²) >= 11 is 0. The number of rotatable bonds is 4. The molecule has 4 heteroatoms. The van der Waals surface area contributed by atoms with Gasteiger partial charge in [0.05, 0.1) is 0 Å². The summed E-state index contributed by atoms with van der Waals surface area (Å²) in [6.45, 7) is 0. The minimum Gasteiger partial charge on any atom is -0.349 e. The van der Waals surface area contributed by atoms with Crippen LogP contribution >= 0.6 is 0 Å². The van der Waals surface area contributed by atoms with Crippen LogP contribution in [0.25, 0.3) is 0 Å². The molecule has 2 fully saturated rings. The number of amides is 2. The van der Waals surface area contributed by atoms with Crippen LogP contribution in [0.4, 0.5) is 0 Å². The van der Waals surface area contributed by atoms with Crippen molar-refractivity contribution in [3.63, 3.8) is 0 Å². The Hall–Kier alpha value is -1.84. The van der Waals surface area contributed by atoms with Crippen LogP contribution in [0.1, 0.15) is 46.4 Å². The van der Waals surface area contributed by atoms with Crippen LogP contribution in [-0.4, -0.2) is 23.9 Å². The summed E-state index contributed by atoms with van der Waals surface area (Å²) in [5.41, 5.74) is 1.12.